The van der Waals surface area contributed by atoms with E-state index in [1.54, 1.807) is 29.2 Å². The number of allylic oxidation sites excluding steroid dienone is 1. The molecule has 0 aromatic heterocycles. The van der Waals surface area contributed by atoms with Gasteiger partial charge in [0.05, 0.1) is 30.1 Å². The summed E-state index contributed by atoms with van der Waals surface area (Å²) in [6.07, 6.45) is 1.02. The summed E-state index contributed by atoms with van der Waals surface area (Å²) >= 11 is 0. The minimum Gasteiger partial charge on any atom is -0.465 e. The number of carbonyl (C=O) groups excluding carboxylic acids is 3. The molecular formula is C29H26N2O4. The van der Waals surface area contributed by atoms with E-state index in [4.69, 9.17) is 4.74 Å². The molecule has 5 rings (SSSR count). The number of carbonyl (C=O) groups is 3. The van der Waals surface area contributed by atoms with Gasteiger partial charge in [-0.2, -0.15) is 0 Å². The molecule has 1 amide bonds. The van der Waals surface area contributed by atoms with Gasteiger partial charge in [0.25, 0.3) is 0 Å². The van der Waals surface area contributed by atoms with Crippen LogP contribution < -0.4 is 10.2 Å². The highest BCUT2D eigenvalue weighted by molar-refractivity contribution is 6.06. The molecule has 2 atom stereocenters. The molecule has 176 valence electrons. The molecule has 0 fully saturated rings. The fraction of sp³-hybridized carbons (Fsp3) is 0.207. The van der Waals surface area contributed by atoms with Crippen molar-refractivity contribution >= 4 is 29.0 Å². The standard InChI is InChI=1S/C29H26N2O4/c1-18(32)31-25-11-7-6-10-23(25)30-24-16-22(19-8-4-3-5-9-19)17-26(33)27(24)28(31)20-12-14-21(15-13-20)29(34)35-2/h3-15,22,28,30H,16-17H2,1-2H3. The van der Waals surface area contributed by atoms with Crippen LogP contribution in [0.1, 0.15) is 53.2 Å². The molecule has 0 spiro atoms. The molecule has 2 aliphatic rings. The number of Topliss-reactive ketones (excluding diaryl/α,β-unsaturated/α-hetero) is 1. The molecule has 0 bridgehead atoms. The van der Waals surface area contributed by atoms with Crippen LogP contribution in [0.5, 0.6) is 0 Å². The maximum absolute atomic E-state index is 13.8. The summed E-state index contributed by atoms with van der Waals surface area (Å²) in [6.45, 7) is 1.51. The Labute approximate surface area is 204 Å². The number of hydrogen-bond donors (Lipinski definition) is 1. The van der Waals surface area contributed by atoms with Crippen LogP contribution in [-0.2, 0) is 14.3 Å². The van der Waals surface area contributed by atoms with E-state index in [0.29, 0.717) is 29.7 Å². The molecule has 0 saturated carbocycles. The molecule has 1 aliphatic carbocycles. The van der Waals surface area contributed by atoms with E-state index in [9.17, 15) is 14.4 Å². The Morgan fingerprint density at radius 2 is 1.57 bits per heavy atom. The number of fused-ring (bicyclic) bond motifs is 1. The van der Waals surface area contributed by atoms with E-state index in [-0.39, 0.29) is 17.6 Å². The number of anilines is 2. The Morgan fingerprint density at radius 1 is 0.886 bits per heavy atom. The Kier molecular flexibility index (Phi) is 5.95. The predicted molar refractivity (Wildman–Crippen MR) is 134 cm³/mol. The minimum atomic E-state index is -0.616. The van der Waals surface area contributed by atoms with Gasteiger partial charge in [0, 0.05) is 24.6 Å². The lowest BCUT2D eigenvalue weighted by Crippen LogP contribution is -2.37. The van der Waals surface area contributed by atoms with Crippen molar-refractivity contribution in [3.8, 4) is 0 Å². The zero-order valence-corrected chi connectivity index (χ0v) is 19.7. The monoisotopic (exact) mass is 466 g/mol. The summed E-state index contributed by atoms with van der Waals surface area (Å²) in [5, 5.41) is 3.51. The van der Waals surface area contributed by atoms with E-state index >= 15 is 0 Å². The molecule has 2 unspecified atom stereocenters. The molecule has 3 aromatic rings. The molecule has 3 aromatic carbocycles. The van der Waals surface area contributed by atoms with Crippen LogP contribution >= 0.6 is 0 Å². The number of methoxy groups -OCH3 is 1. The van der Waals surface area contributed by atoms with E-state index in [1.165, 1.54) is 14.0 Å². The Balaban J connectivity index is 1.68. The lowest BCUT2D eigenvalue weighted by atomic mass is 9.78. The first-order chi connectivity index (χ1) is 17.0. The lowest BCUT2D eigenvalue weighted by molar-refractivity contribution is -0.117. The molecule has 0 radical (unpaired) electrons. The highest BCUT2D eigenvalue weighted by Gasteiger charge is 2.40. The Hall–Kier alpha value is -4.19. The van der Waals surface area contributed by atoms with Crippen molar-refractivity contribution in [1.82, 2.24) is 0 Å². The number of esters is 1. The Bertz CT molecular complexity index is 1330. The van der Waals surface area contributed by atoms with Crippen LogP contribution in [0.2, 0.25) is 0 Å². The van der Waals surface area contributed by atoms with Gasteiger partial charge in [0.1, 0.15) is 0 Å². The van der Waals surface area contributed by atoms with Crippen molar-refractivity contribution < 1.29 is 19.1 Å². The number of ketones is 1. The van der Waals surface area contributed by atoms with Gasteiger partial charge in [-0.3, -0.25) is 14.5 Å². The first-order valence-corrected chi connectivity index (χ1v) is 11.6. The van der Waals surface area contributed by atoms with Crippen LogP contribution in [0.15, 0.2) is 90.1 Å². The quantitative estimate of drug-likeness (QED) is 0.524. The number of para-hydroxylation sites is 2. The number of amides is 1. The van der Waals surface area contributed by atoms with Gasteiger partial charge in [-0.1, -0.05) is 54.6 Å². The normalized spacial score (nSPS) is 19.3. The summed E-state index contributed by atoms with van der Waals surface area (Å²) in [5.41, 5.74) is 5.19. The lowest BCUT2D eigenvalue weighted by Gasteiger charge is -2.34. The van der Waals surface area contributed by atoms with Crippen LogP contribution in [0.25, 0.3) is 0 Å². The molecule has 1 N–H and O–H groups in total. The maximum Gasteiger partial charge on any atom is 0.337 e. The van der Waals surface area contributed by atoms with Crippen LogP contribution in [-0.4, -0.2) is 24.8 Å². The number of nitrogens with zero attached hydrogens (tertiary/aromatic N) is 1. The predicted octanol–water partition coefficient (Wildman–Crippen LogP) is 5.39. The van der Waals surface area contributed by atoms with Crippen LogP contribution in [0.4, 0.5) is 11.4 Å². The first kappa shape index (κ1) is 22.6. The third-order valence-corrected chi connectivity index (χ3v) is 6.75. The van der Waals surface area contributed by atoms with Crippen molar-refractivity contribution in [3.63, 3.8) is 0 Å². The van der Waals surface area contributed by atoms with Crippen LogP contribution in [0.3, 0.4) is 0 Å². The highest BCUT2D eigenvalue weighted by Crippen LogP contribution is 2.47. The third kappa shape index (κ3) is 4.12. The number of rotatable bonds is 3. The van der Waals surface area contributed by atoms with Crippen molar-refractivity contribution in [3.05, 3.63) is 107 Å². The summed E-state index contributed by atoms with van der Waals surface area (Å²) in [6, 6.07) is 24.0. The zero-order valence-electron chi connectivity index (χ0n) is 19.7. The second-order valence-electron chi connectivity index (χ2n) is 8.88. The van der Waals surface area contributed by atoms with E-state index in [2.05, 4.69) is 17.4 Å². The summed E-state index contributed by atoms with van der Waals surface area (Å²) in [5.74, 6) is -0.553. The SMILES string of the molecule is COC(=O)c1ccc(C2C3=C(CC(c4ccccc4)CC3=O)Nc3ccccc3N2C(C)=O)cc1. The average molecular weight is 467 g/mol. The van der Waals surface area contributed by atoms with Gasteiger partial charge in [0.15, 0.2) is 5.78 Å². The van der Waals surface area contributed by atoms with Crippen molar-refractivity contribution in [2.75, 3.05) is 17.3 Å². The topological polar surface area (TPSA) is 75.7 Å². The summed E-state index contributed by atoms with van der Waals surface area (Å²) in [4.78, 5) is 40.5. The van der Waals surface area contributed by atoms with Gasteiger partial charge < -0.3 is 10.1 Å². The summed E-state index contributed by atoms with van der Waals surface area (Å²) in [7, 11) is 1.34. The fourth-order valence-electron chi connectivity index (χ4n) is 5.13. The van der Waals surface area contributed by atoms with Gasteiger partial charge in [-0.25, -0.2) is 4.79 Å². The fourth-order valence-corrected chi connectivity index (χ4v) is 5.13. The van der Waals surface area contributed by atoms with Crippen LogP contribution in [0, 0.1) is 0 Å². The second kappa shape index (κ2) is 9.22. The van der Waals surface area contributed by atoms with Gasteiger partial charge >= 0.3 is 5.97 Å². The van der Waals surface area contributed by atoms with Crippen molar-refractivity contribution in [2.24, 2.45) is 0 Å². The zero-order chi connectivity index (χ0) is 24.5. The molecule has 1 aliphatic heterocycles. The third-order valence-electron chi connectivity index (χ3n) is 6.75. The van der Waals surface area contributed by atoms with E-state index in [1.807, 2.05) is 42.5 Å². The highest BCUT2D eigenvalue weighted by atomic mass is 16.5. The Morgan fingerprint density at radius 3 is 2.26 bits per heavy atom. The second-order valence-corrected chi connectivity index (χ2v) is 8.88. The average Bonchev–Trinajstić information content (AvgIpc) is 3.03. The molecule has 35 heavy (non-hydrogen) atoms. The molecular weight excluding hydrogens is 440 g/mol. The van der Waals surface area contributed by atoms with E-state index in [0.717, 1.165) is 22.5 Å². The van der Waals surface area contributed by atoms with Crippen molar-refractivity contribution in [2.45, 2.75) is 31.7 Å². The first-order valence-electron chi connectivity index (χ1n) is 11.6. The summed E-state index contributed by atoms with van der Waals surface area (Å²) < 4.78 is 4.83. The largest absolute Gasteiger partial charge is 0.465 e. The number of benzene rings is 3. The molecule has 6 nitrogen and oxygen atoms in total. The van der Waals surface area contributed by atoms with Crippen molar-refractivity contribution in [1.29, 1.82) is 0 Å². The molecule has 0 saturated heterocycles. The molecule has 1 heterocycles. The number of nitrogens with one attached hydrogen (secondary N) is 1. The maximum atomic E-state index is 13.8. The number of ether oxygens (including phenoxy) is 1. The smallest absolute Gasteiger partial charge is 0.337 e. The van der Waals surface area contributed by atoms with E-state index < -0.39 is 12.0 Å². The number of hydrogen-bond acceptors (Lipinski definition) is 5. The van der Waals surface area contributed by atoms with Gasteiger partial charge in [-0.05, 0) is 47.7 Å². The minimum absolute atomic E-state index is 0.00806. The van der Waals surface area contributed by atoms with Gasteiger partial charge in [-0.15, -0.1) is 0 Å². The van der Waals surface area contributed by atoms with Gasteiger partial charge in [0.2, 0.25) is 5.91 Å². The molecule has 6 heteroatoms.